The molecule has 2 aromatic rings. The van der Waals surface area contributed by atoms with E-state index in [9.17, 15) is 0 Å². The van der Waals surface area contributed by atoms with Crippen molar-refractivity contribution >= 4 is 39.3 Å². The third kappa shape index (κ3) is 5.03. The topological polar surface area (TPSA) is 12.0 Å². The Hall–Kier alpha value is -0.480. The quantitative estimate of drug-likeness (QED) is 0.679. The first-order valence-corrected chi connectivity index (χ1v) is 8.80. The van der Waals surface area contributed by atoms with E-state index in [-0.39, 0.29) is 5.54 Å². The molecule has 0 unspecified atom stereocenters. The molecule has 0 atom stereocenters. The molecule has 0 saturated carbocycles. The van der Waals surface area contributed by atoms with Crippen LogP contribution in [-0.4, -0.2) is 5.54 Å². The lowest BCUT2D eigenvalue weighted by molar-refractivity contribution is 0.422. The smallest absolute Gasteiger partial charge is 0.0462 e. The van der Waals surface area contributed by atoms with Crippen LogP contribution in [0.3, 0.4) is 0 Å². The number of hydrogen-bond acceptors (Lipinski definition) is 2. The average Bonchev–Trinajstić information content (AvgIpc) is 2.39. The Labute approximate surface area is 144 Å². The zero-order valence-corrected chi connectivity index (χ0v) is 15.6. The first-order chi connectivity index (χ1) is 9.87. The van der Waals surface area contributed by atoms with E-state index in [4.69, 9.17) is 11.6 Å². The Morgan fingerprint density at radius 2 is 1.71 bits per heavy atom. The SMILES string of the molecule is CC(C)(C)NCc1c(Cl)cccc1Sc1ccccc1Br. The van der Waals surface area contributed by atoms with Gasteiger partial charge in [0.2, 0.25) is 0 Å². The largest absolute Gasteiger partial charge is 0.308 e. The molecule has 1 N–H and O–H groups in total. The first-order valence-electron chi connectivity index (χ1n) is 6.81. The van der Waals surface area contributed by atoms with Gasteiger partial charge in [0.15, 0.2) is 0 Å². The van der Waals surface area contributed by atoms with Crippen molar-refractivity contribution in [1.29, 1.82) is 0 Å². The predicted octanol–water partition coefficient (Wildman–Crippen LogP) is 6.14. The molecule has 0 aliphatic rings. The number of halogens is 2. The van der Waals surface area contributed by atoms with Gasteiger partial charge >= 0.3 is 0 Å². The van der Waals surface area contributed by atoms with Crippen LogP contribution in [0.25, 0.3) is 0 Å². The molecule has 4 heteroatoms. The highest BCUT2D eigenvalue weighted by Gasteiger charge is 2.14. The molecule has 0 bridgehead atoms. The van der Waals surface area contributed by atoms with Crippen LogP contribution in [0.1, 0.15) is 26.3 Å². The molecule has 0 aliphatic heterocycles. The molecule has 0 radical (unpaired) electrons. The third-order valence-electron chi connectivity index (χ3n) is 2.93. The summed E-state index contributed by atoms with van der Waals surface area (Å²) < 4.78 is 1.10. The van der Waals surface area contributed by atoms with Gasteiger partial charge in [-0.1, -0.05) is 41.6 Å². The van der Waals surface area contributed by atoms with E-state index in [2.05, 4.69) is 60.2 Å². The van der Waals surface area contributed by atoms with Gasteiger partial charge in [0, 0.05) is 31.4 Å². The summed E-state index contributed by atoms with van der Waals surface area (Å²) >= 11 is 11.7. The maximum atomic E-state index is 6.40. The molecule has 0 amide bonds. The summed E-state index contributed by atoms with van der Waals surface area (Å²) in [5.41, 5.74) is 1.21. The molecule has 1 nitrogen and oxygen atoms in total. The highest BCUT2D eigenvalue weighted by molar-refractivity contribution is 9.10. The summed E-state index contributed by atoms with van der Waals surface area (Å²) in [7, 11) is 0. The van der Waals surface area contributed by atoms with Crippen molar-refractivity contribution in [3.8, 4) is 0 Å². The lowest BCUT2D eigenvalue weighted by atomic mass is 10.1. The zero-order chi connectivity index (χ0) is 15.5. The molecular formula is C17H19BrClNS. The molecule has 2 aromatic carbocycles. The predicted molar refractivity (Wildman–Crippen MR) is 96.3 cm³/mol. The van der Waals surface area contributed by atoms with Crippen LogP contribution in [0.5, 0.6) is 0 Å². The molecule has 0 saturated heterocycles. The minimum atomic E-state index is 0.0639. The Morgan fingerprint density at radius 3 is 2.38 bits per heavy atom. The van der Waals surface area contributed by atoms with Gasteiger partial charge in [0.1, 0.15) is 0 Å². The number of benzene rings is 2. The van der Waals surface area contributed by atoms with Gasteiger partial charge in [-0.15, -0.1) is 0 Å². The van der Waals surface area contributed by atoms with Crippen molar-refractivity contribution in [3.05, 3.63) is 57.5 Å². The second-order valence-electron chi connectivity index (χ2n) is 5.85. The van der Waals surface area contributed by atoms with E-state index in [0.717, 1.165) is 21.6 Å². The fourth-order valence-corrected chi connectivity index (χ4v) is 3.63. The zero-order valence-electron chi connectivity index (χ0n) is 12.4. The number of rotatable bonds is 4. The average molecular weight is 385 g/mol. The third-order valence-corrected chi connectivity index (χ3v) is 5.41. The van der Waals surface area contributed by atoms with Gasteiger partial charge in [0.05, 0.1) is 0 Å². The van der Waals surface area contributed by atoms with E-state index in [0.29, 0.717) is 0 Å². The molecule has 0 aromatic heterocycles. The molecule has 0 aliphatic carbocycles. The van der Waals surface area contributed by atoms with Crippen molar-refractivity contribution in [3.63, 3.8) is 0 Å². The van der Waals surface area contributed by atoms with Gasteiger partial charge in [-0.2, -0.15) is 0 Å². The lowest BCUT2D eigenvalue weighted by Crippen LogP contribution is -2.35. The first kappa shape index (κ1) is 16.9. The van der Waals surface area contributed by atoms with E-state index < -0.39 is 0 Å². The fourth-order valence-electron chi connectivity index (χ4n) is 1.81. The molecule has 0 fully saturated rings. The van der Waals surface area contributed by atoms with Gasteiger partial charge in [-0.3, -0.25) is 0 Å². The van der Waals surface area contributed by atoms with Gasteiger partial charge in [-0.25, -0.2) is 0 Å². The highest BCUT2D eigenvalue weighted by Crippen LogP contribution is 2.37. The molecular weight excluding hydrogens is 366 g/mol. The minimum absolute atomic E-state index is 0.0639. The molecule has 112 valence electrons. The fraction of sp³-hybridized carbons (Fsp3) is 0.294. The molecule has 21 heavy (non-hydrogen) atoms. The second kappa shape index (κ2) is 7.19. The lowest BCUT2D eigenvalue weighted by Gasteiger charge is -2.22. The van der Waals surface area contributed by atoms with Gasteiger partial charge in [0.25, 0.3) is 0 Å². The molecule has 2 rings (SSSR count). The summed E-state index contributed by atoms with van der Waals surface area (Å²) in [6, 6.07) is 14.3. The molecule has 0 heterocycles. The number of hydrogen-bond donors (Lipinski definition) is 1. The Balaban J connectivity index is 2.27. The van der Waals surface area contributed by atoms with Crippen molar-refractivity contribution in [2.75, 3.05) is 0 Å². The van der Waals surface area contributed by atoms with Crippen LogP contribution in [0.15, 0.2) is 56.7 Å². The van der Waals surface area contributed by atoms with Crippen molar-refractivity contribution in [2.45, 2.75) is 42.6 Å². The van der Waals surface area contributed by atoms with E-state index in [1.165, 1.54) is 9.79 Å². The summed E-state index contributed by atoms with van der Waals surface area (Å²) in [6.45, 7) is 7.23. The Bertz CT molecular complexity index is 622. The standard InChI is InChI=1S/C17H19BrClNS/c1-17(2,3)20-11-12-14(19)8-6-10-15(12)21-16-9-5-4-7-13(16)18/h4-10,20H,11H2,1-3H3. The minimum Gasteiger partial charge on any atom is -0.308 e. The normalized spacial score (nSPS) is 11.7. The van der Waals surface area contributed by atoms with Crippen molar-refractivity contribution in [2.24, 2.45) is 0 Å². The Morgan fingerprint density at radius 1 is 1.05 bits per heavy atom. The number of nitrogens with one attached hydrogen (secondary N) is 1. The summed E-state index contributed by atoms with van der Waals surface area (Å²) in [5, 5.41) is 4.32. The van der Waals surface area contributed by atoms with E-state index in [1.807, 2.05) is 24.3 Å². The van der Waals surface area contributed by atoms with Crippen LogP contribution >= 0.6 is 39.3 Å². The van der Waals surface area contributed by atoms with Crippen molar-refractivity contribution in [1.82, 2.24) is 5.32 Å². The van der Waals surface area contributed by atoms with Crippen LogP contribution in [-0.2, 0) is 6.54 Å². The monoisotopic (exact) mass is 383 g/mol. The van der Waals surface area contributed by atoms with Crippen LogP contribution in [0.2, 0.25) is 5.02 Å². The van der Waals surface area contributed by atoms with E-state index >= 15 is 0 Å². The summed E-state index contributed by atoms with van der Waals surface area (Å²) in [5.74, 6) is 0. The van der Waals surface area contributed by atoms with Gasteiger partial charge < -0.3 is 5.32 Å². The van der Waals surface area contributed by atoms with Gasteiger partial charge in [-0.05, 0) is 66.5 Å². The van der Waals surface area contributed by atoms with Crippen molar-refractivity contribution < 1.29 is 0 Å². The Kier molecular flexibility index (Phi) is 5.78. The van der Waals surface area contributed by atoms with E-state index in [1.54, 1.807) is 11.8 Å². The maximum absolute atomic E-state index is 6.40. The van der Waals surface area contributed by atoms with Crippen LogP contribution in [0.4, 0.5) is 0 Å². The second-order valence-corrected chi connectivity index (χ2v) is 8.20. The van der Waals surface area contributed by atoms with Crippen LogP contribution in [0, 0.1) is 0 Å². The summed E-state index contributed by atoms with van der Waals surface area (Å²) in [4.78, 5) is 2.38. The van der Waals surface area contributed by atoms with Crippen LogP contribution < -0.4 is 5.32 Å². The maximum Gasteiger partial charge on any atom is 0.0462 e. The highest BCUT2D eigenvalue weighted by atomic mass is 79.9. The summed E-state index contributed by atoms with van der Waals surface area (Å²) in [6.07, 6.45) is 0. The molecule has 0 spiro atoms.